The summed E-state index contributed by atoms with van der Waals surface area (Å²) in [5, 5.41) is 18.1. The molecule has 9 N–H and O–H groups in total. The number of primary amides is 1. The van der Waals surface area contributed by atoms with Crippen LogP contribution in [0.5, 0.6) is 0 Å². The molecule has 0 rings (SSSR count). The number of hydrogen-bond donors (Lipinski definition) is 8. The molecule has 0 saturated carbocycles. The molecule has 0 saturated heterocycles. The van der Waals surface area contributed by atoms with Gasteiger partial charge in [0.2, 0.25) is 17.7 Å². The van der Waals surface area contributed by atoms with Gasteiger partial charge in [-0.3, -0.25) is 24.6 Å². The number of nitrogens with one attached hydrogen (secondary N) is 6. The molecule has 6 amide bonds. The molecule has 0 aliphatic rings. The Hall–Kier alpha value is -2.97. The van der Waals surface area contributed by atoms with Gasteiger partial charge in [-0.25, -0.2) is 10.2 Å². The van der Waals surface area contributed by atoms with Crippen LogP contribution in [0.3, 0.4) is 0 Å². The van der Waals surface area contributed by atoms with Crippen molar-refractivity contribution in [3.63, 3.8) is 0 Å². The number of carbonyl (C=O) groups excluding carboxylic acids is 5. The number of carbonyl (C=O) groups is 5. The van der Waals surface area contributed by atoms with Crippen LogP contribution in [0.1, 0.15) is 13.3 Å². The molecular weight excluding hydrogens is 390 g/mol. The zero-order chi connectivity index (χ0) is 22.1. The van der Waals surface area contributed by atoms with Crippen LogP contribution in [-0.2, 0) is 23.9 Å². The number of nitrogens with two attached hydrogens (primary N) is 1. The van der Waals surface area contributed by atoms with Crippen molar-refractivity contribution < 1.29 is 33.8 Å². The maximum absolute atomic E-state index is 11.9. The Morgan fingerprint density at radius 3 is 2.31 bits per heavy atom. The molecule has 29 heavy (non-hydrogen) atoms. The summed E-state index contributed by atoms with van der Waals surface area (Å²) in [6, 6.07) is -1.47. The zero-order valence-corrected chi connectivity index (χ0v) is 16.2. The normalized spacial score (nSPS) is 11.1. The van der Waals surface area contributed by atoms with Gasteiger partial charge in [-0.15, -0.1) is 0 Å². The van der Waals surface area contributed by atoms with Crippen molar-refractivity contribution in [1.82, 2.24) is 32.1 Å². The van der Waals surface area contributed by atoms with E-state index in [9.17, 15) is 24.0 Å². The molecule has 0 aromatic carbocycles. The van der Waals surface area contributed by atoms with Crippen molar-refractivity contribution in [1.29, 1.82) is 0 Å². The minimum absolute atomic E-state index is 0.0312. The fourth-order valence-corrected chi connectivity index (χ4v) is 1.83. The Kier molecular flexibility index (Phi) is 14.4. The highest BCUT2D eigenvalue weighted by molar-refractivity contribution is 5.84. The third kappa shape index (κ3) is 16.9. The third-order valence-corrected chi connectivity index (χ3v) is 3.07. The second-order valence-corrected chi connectivity index (χ2v) is 5.72. The first kappa shape index (κ1) is 26.0. The summed E-state index contributed by atoms with van der Waals surface area (Å²) in [6.07, 6.45) is -0.212. The van der Waals surface area contributed by atoms with E-state index in [1.807, 2.05) is 0 Å². The highest BCUT2D eigenvalue weighted by Crippen LogP contribution is 1.89. The van der Waals surface area contributed by atoms with E-state index in [0.29, 0.717) is 0 Å². The number of amides is 6. The molecule has 0 fully saturated rings. The Morgan fingerprint density at radius 2 is 1.69 bits per heavy atom. The number of aliphatic hydroxyl groups excluding tert-OH is 1. The van der Waals surface area contributed by atoms with Crippen LogP contribution in [0.15, 0.2) is 0 Å². The van der Waals surface area contributed by atoms with Gasteiger partial charge in [0.25, 0.3) is 5.91 Å². The van der Waals surface area contributed by atoms with Crippen LogP contribution in [0.4, 0.5) is 4.79 Å². The van der Waals surface area contributed by atoms with E-state index in [1.165, 1.54) is 6.92 Å². The lowest BCUT2D eigenvalue weighted by Gasteiger charge is -2.18. The third-order valence-electron chi connectivity index (χ3n) is 3.07. The van der Waals surface area contributed by atoms with Gasteiger partial charge >= 0.3 is 6.03 Å². The van der Waals surface area contributed by atoms with E-state index in [4.69, 9.17) is 15.6 Å². The van der Waals surface area contributed by atoms with Crippen LogP contribution >= 0.6 is 0 Å². The molecule has 1 unspecified atom stereocenters. The number of urea groups is 1. The summed E-state index contributed by atoms with van der Waals surface area (Å²) in [4.78, 5) is 56.7. The lowest BCUT2D eigenvalue weighted by Crippen LogP contribution is -2.53. The van der Waals surface area contributed by atoms with E-state index in [0.717, 1.165) is 0 Å². The van der Waals surface area contributed by atoms with Gasteiger partial charge in [0.1, 0.15) is 0 Å². The molecule has 166 valence electrons. The molecule has 0 heterocycles. The Morgan fingerprint density at radius 1 is 1.00 bits per heavy atom. The summed E-state index contributed by atoms with van der Waals surface area (Å²) in [5.41, 5.74) is 9.93. The minimum atomic E-state index is -0.761. The van der Waals surface area contributed by atoms with Gasteiger partial charge in [-0.05, 0) is 0 Å². The molecule has 14 heteroatoms. The smallest absolute Gasteiger partial charge is 0.315 e. The van der Waals surface area contributed by atoms with Gasteiger partial charge in [0, 0.05) is 26.4 Å². The van der Waals surface area contributed by atoms with E-state index in [2.05, 4.69) is 32.1 Å². The quantitative estimate of drug-likeness (QED) is 0.0953. The Balaban J connectivity index is 4.16. The molecule has 0 spiro atoms. The summed E-state index contributed by atoms with van der Waals surface area (Å²) in [7, 11) is 0. The van der Waals surface area contributed by atoms with E-state index < -0.39 is 29.8 Å². The predicted octanol–water partition coefficient (Wildman–Crippen LogP) is -4.59. The molecule has 14 nitrogen and oxygen atoms in total. The van der Waals surface area contributed by atoms with Crippen LogP contribution in [0, 0.1) is 0 Å². The average molecular weight is 419 g/mol. The Labute approximate surface area is 167 Å². The van der Waals surface area contributed by atoms with Crippen LogP contribution in [0.25, 0.3) is 0 Å². The van der Waals surface area contributed by atoms with Gasteiger partial charge in [-0.1, -0.05) is 0 Å². The first-order valence-electron chi connectivity index (χ1n) is 8.78. The van der Waals surface area contributed by atoms with Gasteiger partial charge in [0.05, 0.1) is 39.0 Å². The number of ether oxygens (including phenoxy) is 1. The van der Waals surface area contributed by atoms with Crippen molar-refractivity contribution in [2.24, 2.45) is 5.73 Å². The van der Waals surface area contributed by atoms with E-state index in [1.54, 1.807) is 0 Å². The van der Waals surface area contributed by atoms with Crippen LogP contribution in [-0.4, -0.2) is 86.8 Å². The largest absolute Gasteiger partial charge is 0.394 e. The molecule has 0 aliphatic carbocycles. The predicted molar refractivity (Wildman–Crippen MR) is 99.9 cm³/mol. The standard InChI is InChI=1S/C15H29N7O7/c1-10(24)18-9-14(27)22-20-7-11(6-12(16)25)21-15(28)19-8-13(26)17-2-4-29-5-3-23/h11,20,23H,2-9H2,1H3,(H2,16,25)(H,17,26)(H,18,24)(H,22,27)(H2,19,21,28). The van der Waals surface area contributed by atoms with Gasteiger partial charge < -0.3 is 36.8 Å². The van der Waals surface area contributed by atoms with Crippen molar-refractivity contribution >= 4 is 29.7 Å². The topological polar surface area (TPSA) is 213 Å². The monoisotopic (exact) mass is 419 g/mol. The fraction of sp³-hybridized carbons (Fsp3) is 0.667. The van der Waals surface area contributed by atoms with E-state index >= 15 is 0 Å². The maximum atomic E-state index is 11.9. The molecule has 0 bridgehead atoms. The van der Waals surface area contributed by atoms with E-state index in [-0.39, 0.29) is 58.3 Å². The van der Waals surface area contributed by atoms with Crippen LogP contribution in [0.2, 0.25) is 0 Å². The Bertz CT molecular complexity index is 559. The highest BCUT2D eigenvalue weighted by atomic mass is 16.5. The second-order valence-electron chi connectivity index (χ2n) is 5.72. The van der Waals surface area contributed by atoms with Crippen molar-refractivity contribution in [3.8, 4) is 0 Å². The van der Waals surface area contributed by atoms with Crippen molar-refractivity contribution in [2.75, 3.05) is 46.0 Å². The zero-order valence-electron chi connectivity index (χ0n) is 16.2. The SMILES string of the molecule is CC(=O)NCC(=O)NNCC(CC(N)=O)NC(=O)NCC(=O)NCCOCCO. The molecule has 0 aromatic rings. The lowest BCUT2D eigenvalue weighted by atomic mass is 10.2. The van der Waals surface area contributed by atoms with Crippen molar-refractivity contribution in [2.45, 2.75) is 19.4 Å². The second kappa shape index (κ2) is 16.0. The lowest BCUT2D eigenvalue weighted by molar-refractivity contribution is -0.125. The van der Waals surface area contributed by atoms with Gasteiger partial charge in [-0.2, -0.15) is 0 Å². The van der Waals surface area contributed by atoms with Crippen molar-refractivity contribution in [3.05, 3.63) is 0 Å². The summed E-state index contributed by atoms with van der Waals surface area (Å²) >= 11 is 0. The number of aliphatic hydroxyl groups is 1. The molecule has 0 radical (unpaired) electrons. The molecule has 0 aromatic heterocycles. The first-order chi connectivity index (χ1) is 13.7. The number of hydrogen-bond acceptors (Lipinski definition) is 8. The number of rotatable bonds is 15. The molecule has 0 aliphatic heterocycles. The average Bonchev–Trinajstić information content (AvgIpc) is 2.64. The minimum Gasteiger partial charge on any atom is -0.394 e. The summed E-state index contributed by atoms with van der Waals surface area (Å²) in [5.74, 6) is -2.03. The first-order valence-corrected chi connectivity index (χ1v) is 8.78. The fourth-order valence-electron chi connectivity index (χ4n) is 1.83. The number of hydrazine groups is 1. The van der Waals surface area contributed by atoms with Gasteiger partial charge in [0.15, 0.2) is 0 Å². The summed E-state index contributed by atoms with van der Waals surface area (Å²) in [6.45, 7) is 1.17. The van der Waals surface area contributed by atoms with Crippen LogP contribution < -0.4 is 37.9 Å². The summed E-state index contributed by atoms with van der Waals surface area (Å²) < 4.78 is 4.96. The highest BCUT2D eigenvalue weighted by Gasteiger charge is 2.16. The molecular formula is C15H29N7O7. The molecule has 1 atom stereocenters. The maximum Gasteiger partial charge on any atom is 0.315 e.